The van der Waals surface area contributed by atoms with E-state index in [1.54, 1.807) is 42.5 Å². The molecule has 2 aromatic carbocycles. The van der Waals surface area contributed by atoms with Gasteiger partial charge >= 0.3 is 0 Å². The SMILES string of the molecule is CC[C@H](C)NC(=O)[C@H](CC)N(Cc1ccc(Cl)cc1Cl)C(=O)COc1cccc(Cl)c1. The highest BCUT2D eigenvalue weighted by Crippen LogP contribution is 2.24. The molecule has 168 valence electrons. The van der Waals surface area contributed by atoms with Crippen molar-refractivity contribution in [1.29, 1.82) is 0 Å². The van der Waals surface area contributed by atoms with Crippen molar-refractivity contribution in [1.82, 2.24) is 10.2 Å². The van der Waals surface area contributed by atoms with E-state index in [1.165, 1.54) is 4.90 Å². The number of carbonyl (C=O) groups is 2. The fourth-order valence-corrected chi connectivity index (χ4v) is 3.63. The molecule has 0 unspecified atom stereocenters. The molecular weight excluding hydrogens is 459 g/mol. The molecule has 0 saturated heterocycles. The molecule has 1 N–H and O–H groups in total. The molecule has 0 fully saturated rings. The fraction of sp³-hybridized carbons (Fsp3) is 0.391. The molecule has 2 atom stereocenters. The zero-order valence-electron chi connectivity index (χ0n) is 17.8. The molecule has 0 aliphatic carbocycles. The summed E-state index contributed by atoms with van der Waals surface area (Å²) < 4.78 is 5.63. The Balaban J connectivity index is 2.26. The van der Waals surface area contributed by atoms with Crippen LogP contribution in [-0.2, 0) is 16.1 Å². The van der Waals surface area contributed by atoms with Crippen LogP contribution in [-0.4, -0.2) is 35.4 Å². The first-order chi connectivity index (χ1) is 14.7. The van der Waals surface area contributed by atoms with E-state index < -0.39 is 6.04 Å². The van der Waals surface area contributed by atoms with Crippen LogP contribution >= 0.6 is 34.8 Å². The number of nitrogens with one attached hydrogen (secondary N) is 1. The fourth-order valence-electron chi connectivity index (χ4n) is 2.98. The molecule has 0 aliphatic heterocycles. The highest BCUT2D eigenvalue weighted by Gasteiger charge is 2.30. The van der Waals surface area contributed by atoms with Gasteiger partial charge in [0.05, 0.1) is 0 Å². The van der Waals surface area contributed by atoms with Gasteiger partial charge in [-0.05, 0) is 55.7 Å². The van der Waals surface area contributed by atoms with Gasteiger partial charge in [0.25, 0.3) is 5.91 Å². The first kappa shape index (κ1) is 25.3. The van der Waals surface area contributed by atoms with E-state index in [9.17, 15) is 9.59 Å². The minimum Gasteiger partial charge on any atom is -0.484 e. The summed E-state index contributed by atoms with van der Waals surface area (Å²) in [5.41, 5.74) is 0.692. The summed E-state index contributed by atoms with van der Waals surface area (Å²) in [5, 5.41) is 4.40. The minimum atomic E-state index is -0.670. The third kappa shape index (κ3) is 7.60. The lowest BCUT2D eigenvalue weighted by Gasteiger charge is -2.31. The summed E-state index contributed by atoms with van der Waals surface area (Å²) in [5.74, 6) is -0.0717. The molecule has 8 heteroatoms. The average molecular weight is 486 g/mol. The summed E-state index contributed by atoms with van der Waals surface area (Å²) >= 11 is 18.3. The molecule has 0 spiro atoms. The van der Waals surface area contributed by atoms with E-state index in [-0.39, 0.29) is 31.0 Å². The zero-order chi connectivity index (χ0) is 23.0. The van der Waals surface area contributed by atoms with Gasteiger partial charge in [-0.1, -0.05) is 60.8 Å². The van der Waals surface area contributed by atoms with Crippen molar-refractivity contribution in [3.05, 3.63) is 63.1 Å². The number of nitrogens with zero attached hydrogens (tertiary/aromatic N) is 1. The molecule has 2 aromatic rings. The van der Waals surface area contributed by atoms with Crippen LogP contribution in [0.2, 0.25) is 15.1 Å². The number of halogens is 3. The quantitative estimate of drug-likeness (QED) is 0.466. The van der Waals surface area contributed by atoms with E-state index in [1.807, 2.05) is 20.8 Å². The van der Waals surface area contributed by atoms with Crippen LogP contribution in [0.4, 0.5) is 0 Å². The number of benzene rings is 2. The van der Waals surface area contributed by atoms with Crippen LogP contribution in [0.5, 0.6) is 5.75 Å². The van der Waals surface area contributed by atoms with Crippen molar-refractivity contribution < 1.29 is 14.3 Å². The Bertz CT molecular complexity index is 907. The van der Waals surface area contributed by atoms with Crippen molar-refractivity contribution in [3.63, 3.8) is 0 Å². The van der Waals surface area contributed by atoms with Gasteiger partial charge in [-0.2, -0.15) is 0 Å². The summed E-state index contributed by atoms with van der Waals surface area (Å²) in [6, 6.07) is 11.2. The van der Waals surface area contributed by atoms with E-state index >= 15 is 0 Å². The van der Waals surface area contributed by atoms with Crippen LogP contribution in [0, 0.1) is 0 Å². The number of rotatable bonds is 10. The second-order valence-electron chi connectivity index (χ2n) is 7.25. The van der Waals surface area contributed by atoms with Gasteiger partial charge in [0, 0.05) is 27.7 Å². The van der Waals surface area contributed by atoms with Gasteiger partial charge in [0.15, 0.2) is 6.61 Å². The number of ether oxygens (including phenoxy) is 1. The van der Waals surface area contributed by atoms with E-state index in [2.05, 4.69) is 5.32 Å². The maximum atomic E-state index is 13.2. The van der Waals surface area contributed by atoms with Crippen LogP contribution in [0.1, 0.15) is 39.2 Å². The summed E-state index contributed by atoms with van der Waals surface area (Å²) in [6.07, 6.45) is 1.23. The van der Waals surface area contributed by atoms with Gasteiger partial charge in [0.2, 0.25) is 5.91 Å². The van der Waals surface area contributed by atoms with E-state index in [0.29, 0.717) is 32.8 Å². The van der Waals surface area contributed by atoms with E-state index in [4.69, 9.17) is 39.5 Å². The normalized spacial score (nSPS) is 12.7. The standard InChI is InChI=1S/C23H27Cl3N2O3/c1-4-15(3)27-23(30)21(5-2)28(13-16-9-10-18(25)12-20(16)26)22(29)14-31-19-8-6-7-17(24)11-19/h6-12,15,21H,4-5,13-14H2,1-3H3,(H,27,30)/t15-,21-/m0/s1. The third-order valence-electron chi connectivity index (χ3n) is 4.90. The Morgan fingerprint density at radius 2 is 1.74 bits per heavy atom. The molecule has 31 heavy (non-hydrogen) atoms. The molecule has 0 saturated carbocycles. The molecule has 0 heterocycles. The Kier molecular flexibility index (Phi) is 9.94. The van der Waals surface area contributed by atoms with Gasteiger partial charge in [0.1, 0.15) is 11.8 Å². The largest absolute Gasteiger partial charge is 0.484 e. The van der Waals surface area contributed by atoms with Crippen molar-refractivity contribution >= 4 is 46.6 Å². The number of amides is 2. The van der Waals surface area contributed by atoms with E-state index in [0.717, 1.165) is 6.42 Å². The lowest BCUT2D eigenvalue weighted by Crippen LogP contribution is -2.51. The summed E-state index contributed by atoms with van der Waals surface area (Å²) in [6.45, 7) is 5.69. The summed E-state index contributed by atoms with van der Waals surface area (Å²) in [7, 11) is 0. The van der Waals surface area contributed by atoms with Gasteiger partial charge in [-0.25, -0.2) is 0 Å². The van der Waals surface area contributed by atoms with Gasteiger partial charge in [-0.15, -0.1) is 0 Å². The number of hydrogen-bond donors (Lipinski definition) is 1. The molecule has 2 amide bonds. The van der Waals surface area contributed by atoms with Crippen molar-refractivity contribution in [2.24, 2.45) is 0 Å². The molecule has 2 rings (SSSR count). The Morgan fingerprint density at radius 3 is 2.35 bits per heavy atom. The average Bonchev–Trinajstić information content (AvgIpc) is 2.73. The Hall–Kier alpha value is -1.95. The number of hydrogen-bond acceptors (Lipinski definition) is 3. The maximum Gasteiger partial charge on any atom is 0.261 e. The Morgan fingerprint density at radius 1 is 1.03 bits per heavy atom. The maximum absolute atomic E-state index is 13.2. The van der Waals surface area contributed by atoms with Crippen LogP contribution in [0.3, 0.4) is 0 Å². The van der Waals surface area contributed by atoms with Crippen LogP contribution < -0.4 is 10.1 Å². The monoisotopic (exact) mass is 484 g/mol. The van der Waals surface area contributed by atoms with Crippen molar-refractivity contribution in [3.8, 4) is 5.75 Å². The predicted octanol–water partition coefficient (Wildman–Crippen LogP) is 5.75. The second-order valence-corrected chi connectivity index (χ2v) is 8.53. The first-order valence-electron chi connectivity index (χ1n) is 10.2. The van der Waals surface area contributed by atoms with Gasteiger partial charge < -0.3 is 15.0 Å². The molecule has 5 nitrogen and oxygen atoms in total. The third-order valence-corrected chi connectivity index (χ3v) is 5.72. The Labute approximate surface area is 198 Å². The van der Waals surface area contributed by atoms with Crippen LogP contribution in [0.15, 0.2) is 42.5 Å². The number of carbonyl (C=O) groups excluding carboxylic acids is 2. The van der Waals surface area contributed by atoms with Crippen molar-refractivity contribution in [2.45, 2.75) is 52.2 Å². The highest BCUT2D eigenvalue weighted by atomic mass is 35.5. The topological polar surface area (TPSA) is 58.6 Å². The molecule has 0 radical (unpaired) electrons. The lowest BCUT2D eigenvalue weighted by atomic mass is 10.1. The lowest BCUT2D eigenvalue weighted by molar-refractivity contribution is -0.143. The molecule has 0 bridgehead atoms. The minimum absolute atomic E-state index is 0.000308. The zero-order valence-corrected chi connectivity index (χ0v) is 20.1. The first-order valence-corrected chi connectivity index (χ1v) is 11.3. The highest BCUT2D eigenvalue weighted by molar-refractivity contribution is 6.35. The smallest absolute Gasteiger partial charge is 0.261 e. The second kappa shape index (κ2) is 12.2. The molecule has 0 aliphatic rings. The molecular formula is C23H27Cl3N2O3. The molecule has 0 aromatic heterocycles. The summed E-state index contributed by atoms with van der Waals surface area (Å²) in [4.78, 5) is 27.6. The van der Waals surface area contributed by atoms with Crippen molar-refractivity contribution in [2.75, 3.05) is 6.61 Å². The predicted molar refractivity (Wildman–Crippen MR) is 126 cm³/mol. The van der Waals surface area contributed by atoms with Crippen LogP contribution in [0.25, 0.3) is 0 Å². The van der Waals surface area contributed by atoms with Gasteiger partial charge in [-0.3, -0.25) is 9.59 Å².